The summed E-state index contributed by atoms with van der Waals surface area (Å²) < 4.78 is 55.8. The molecule has 30 heavy (non-hydrogen) atoms. The minimum absolute atomic E-state index is 0.437. The Hall–Kier alpha value is -2.63. The van der Waals surface area contributed by atoms with Crippen LogP contribution in [0.15, 0.2) is 46.9 Å². The van der Waals surface area contributed by atoms with Gasteiger partial charge in [-0.3, -0.25) is 14.3 Å². The molecule has 0 fully saturated rings. The molecule has 0 atom stereocenters. The Morgan fingerprint density at radius 3 is 2.17 bits per heavy atom. The van der Waals surface area contributed by atoms with E-state index < -0.39 is 20.0 Å². The van der Waals surface area contributed by atoms with Gasteiger partial charge in [0.25, 0.3) is 0 Å². The van der Waals surface area contributed by atoms with E-state index in [1.54, 1.807) is 30.3 Å². The molecule has 0 saturated heterocycles. The molecule has 0 bridgehead atoms. The largest absolute Gasteiger partial charge is 0.439 e. The summed E-state index contributed by atoms with van der Waals surface area (Å²) in [6.07, 6.45) is 2.99. The van der Waals surface area contributed by atoms with E-state index in [0.29, 0.717) is 34.9 Å². The molecule has 0 aliphatic rings. The first kappa shape index (κ1) is 22.1. The highest BCUT2D eigenvalue weighted by Crippen LogP contribution is 2.21. The molecule has 162 valence electrons. The number of fused-ring (bicyclic) bond motifs is 1. The van der Waals surface area contributed by atoms with Gasteiger partial charge in [-0.05, 0) is 49.4 Å². The molecule has 0 spiro atoms. The maximum Gasteiger partial charge on any atom is 0.229 e. The summed E-state index contributed by atoms with van der Waals surface area (Å²) in [6, 6.07) is 12.2. The van der Waals surface area contributed by atoms with Gasteiger partial charge < -0.3 is 4.42 Å². The van der Waals surface area contributed by atoms with E-state index in [0.717, 1.165) is 31.0 Å². The van der Waals surface area contributed by atoms with Crippen LogP contribution >= 0.6 is 0 Å². The van der Waals surface area contributed by atoms with Crippen LogP contribution in [0, 0.1) is 0 Å². The summed E-state index contributed by atoms with van der Waals surface area (Å²) >= 11 is 0. The fraction of sp³-hybridized carbons (Fsp3) is 0.316. The van der Waals surface area contributed by atoms with E-state index in [1.807, 2.05) is 19.2 Å². The van der Waals surface area contributed by atoms with Crippen molar-refractivity contribution in [2.75, 3.05) is 35.5 Å². The van der Waals surface area contributed by atoms with Crippen molar-refractivity contribution in [3.8, 4) is 0 Å². The van der Waals surface area contributed by atoms with E-state index in [1.165, 1.54) is 0 Å². The van der Waals surface area contributed by atoms with E-state index in [-0.39, 0.29) is 0 Å². The molecule has 2 aromatic carbocycles. The lowest BCUT2D eigenvalue weighted by atomic mass is 10.1. The predicted molar refractivity (Wildman–Crippen MR) is 117 cm³/mol. The summed E-state index contributed by atoms with van der Waals surface area (Å²) in [7, 11) is -4.69. The Balaban J connectivity index is 1.58. The number of nitrogens with zero attached hydrogens (tertiary/aromatic N) is 2. The fourth-order valence-electron chi connectivity index (χ4n) is 2.90. The van der Waals surface area contributed by atoms with Gasteiger partial charge in [0.15, 0.2) is 5.58 Å². The van der Waals surface area contributed by atoms with Crippen molar-refractivity contribution in [2.45, 2.75) is 13.0 Å². The molecule has 0 aliphatic heterocycles. The summed E-state index contributed by atoms with van der Waals surface area (Å²) in [6.45, 7) is 1.25. The third-order valence-electron chi connectivity index (χ3n) is 4.18. The van der Waals surface area contributed by atoms with Crippen LogP contribution in [0.5, 0.6) is 0 Å². The number of oxazole rings is 1. The molecule has 3 aromatic rings. The first-order chi connectivity index (χ1) is 14.0. The number of sulfonamides is 2. The van der Waals surface area contributed by atoms with Gasteiger partial charge in [0.1, 0.15) is 5.52 Å². The van der Waals surface area contributed by atoms with Crippen molar-refractivity contribution >= 4 is 42.5 Å². The Bertz CT molecular complexity index is 1240. The number of likely N-dealkylation sites (N-methyl/N-ethyl adjacent to an activating group) is 1. The van der Waals surface area contributed by atoms with Gasteiger partial charge in [-0.15, -0.1) is 0 Å². The first-order valence-electron chi connectivity index (χ1n) is 9.09. The van der Waals surface area contributed by atoms with Crippen LogP contribution in [0.3, 0.4) is 0 Å². The third kappa shape index (κ3) is 6.71. The highest BCUT2D eigenvalue weighted by atomic mass is 32.2. The maximum absolute atomic E-state index is 11.4. The molecule has 0 amide bonds. The maximum atomic E-state index is 11.4. The van der Waals surface area contributed by atoms with Gasteiger partial charge in [-0.1, -0.05) is 12.1 Å². The molecule has 11 heteroatoms. The predicted octanol–water partition coefficient (Wildman–Crippen LogP) is 2.25. The topological polar surface area (TPSA) is 122 Å². The number of rotatable bonds is 9. The molecule has 0 radical (unpaired) electrons. The third-order valence-corrected chi connectivity index (χ3v) is 5.39. The average molecular weight is 453 g/mol. The summed E-state index contributed by atoms with van der Waals surface area (Å²) in [5.74, 6) is 0.539. The van der Waals surface area contributed by atoms with E-state index in [9.17, 15) is 16.8 Å². The van der Waals surface area contributed by atoms with Gasteiger partial charge >= 0.3 is 0 Å². The molecular weight excluding hydrogens is 428 g/mol. The number of hydrogen-bond donors (Lipinski definition) is 2. The summed E-state index contributed by atoms with van der Waals surface area (Å²) in [5.41, 5.74) is 3.22. The molecule has 0 unspecified atom stereocenters. The van der Waals surface area contributed by atoms with Crippen LogP contribution in [0.4, 0.5) is 11.4 Å². The normalized spacial score (nSPS) is 12.4. The van der Waals surface area contributed by atoms with Crippen molar-refractivity contribution in [1.29, 1.82) is 0 Å². The second-order valence-electron chi connectivity index (χ2n) is 7.22. The quantitative estimate of drug-likeness (QED) is 0.511. The van der Waals surface area contributed by atoms with E-state index >= 15 is 0 Å². The Labute approximate surface area is 176 Å². The lowest BCUT2D eigenvalue weighted by Crippen LogP contribution is -2.20. The van der Waals surface area contributed by atoms with Gasteiger partial charge in [0, 0.05) is 12.2 Å². The second-order valence-corrected chi connectivity index (χ2v) is 10.7. The lowest BCUT2D eigenvalue weighted by Gasteiger charge is -2.14. The summed E-state index contributed by atoms with van der Waals surface area (Å²) in [4.78, 5) is 6.49. The smallest absolute Gasteiger partial charge is 0.229 e. The minimum Gasteiger partial charge on any atom is -0.439 e. The molecule has 0 saturated carbocycles. The van der Waals surface area contributed by atoms with Gasteiger partial charge in [-0.2, -0.15) is 0 Å². The van der Waals surface area contributed by atoms with Gasteiger partial charge in [0.05, 0.1) is 24.7 Å². The number of aromatic nitrogens is 1. The van der Waals surface area contributed by atoms with Crippen molar-refractivity contribution < 1.29 is 21.3 Å². The van der Waals surface area contributed by atoms with Crippen molar-refractivity contribution in [3.63, 3.8) is 0 Å². The molecular formula is C19H24N4O5S2. The molecule has 2 N–H and O–H groups in total. The van der Waals surface area contributed by atoms with Crippen molar-refractivity contribution in [3.05, 3.63) is 53.9 Å². The SMILES string of the molecule is CN(CCc1ccc(NS(C)(=O)=O)cc1)Cc1nc2cc(NS(C)(=O)=O)ccc2o1. The zero-order valence-electron chi connectivity index (χ0n) is 16.9. The zero-order chi connectivity index (χ0) is 21.9. The van der Waals surface area contributed by atoms with E-state index in [4.69, 9.17) is 4.42 Å². The van der Waals surface area contributed by atoms with E-state index in [2.05, 4.69) is 19.3 Å². The molecule has 9 nitrogen and oxygen atoms in total. The standard InChI is InChI=1S/C19H24N4O5S2/c1-23(11-10-14-4-6-15(7-5-14)21-29(2,24)25)13-19-20-17-12-16(22-30(3,26)27)8-9-18(17)28-19/h4-9,12,21-22H,10-11,13H2,1-3H3. The monoisotopic (exact) mass is 452 g/mol. The minimum atomic E-state index is -3.35. The van der Waals surface area contributed by atoms with Crippen LogP contribution in [0.2, 0.25) is 0 Å². The van der Waals surface area contributed by atoms with Crippen LogP contribution < -0.4 is 9.44 Å². The Morgan fingerprint density at radius 1 is 0.933 bits per heavy atom. The lowest BCUT2D eigenvalue weighted by molar-refractivity contribution is 0.296. The summed E-state index contributed by atoms with van der Waals surface area (Å²) in [5, 5.41) is 0. The molecule has 3 rings (SSSR count). The second kappa shape index (κ2) is 8.62. The highest BCUT2D eigenvalue weighted by Gasteiger charge is 2.11. The molecule has 1 heterocycles. The van der Waals surface area contributed by atoms with Gasteiger partial charge in [0.2, 0.25) is 25.9 Å². The van der Waals surface area contributed by atoms with Crippen LogP contribution in [-0.4, -0.2) is 52.8 Å². The Kier molecular flexibility index (Phi) is 6.34. The van der Waals surface area contributed by atoms with Crippen LogP contribution in [-0.2, 0) is 33.0 Å². The van der Waals surface area contributed by atoms with Gasteiger partial charge in [-0.25, -0.2) is 21.8 Å². The first-order valence-corrected chi connectivity index (χ1v) is 12.9. The zero-order valence-corrected chi connectivity index (χ0v) is 18.5. The highest BCUT2D eigenvalue weighted by molar-refractivity contribution is 7.92. The Morgan fingerprint density at radius 2 is 1.53 bits per heavy atom. The molecule has 0 aliphatic carbocycles. The van der Waals surface area contributed by atoms with Crippen molar-refractivity contribution in [2.24, 2.45) is 0 Å². The number of anilines is 2. The number of hydrogen-bond acceptors (Lipinski definition) is 7. The molecule has 1 aromatic heterocycles. The van der Waals surface area contributed by atoms with Crippen LogP contribution in [0.25, 0.3) is 11.1 Å². The number of benzene rings is 2. The number of nitrogens with one attached hydrogen (secondary N) is 2. The fourth-order valence-corrected chi connectivity index (χ4v) is 4.02. The average Bonchev–Trinajstić information content (AvgIpc) is 3.00. The van der Waals surface area contributed by atoms with Crippen molar-refractivity contribution in [1.82, 2.24) is 9.88 Å². The van der Waals surface area contributed by atoms with Crippen LogP contribution in [0.1, 0.15) is 11.5 Å².